The van der Waals surface area contributed by atoms with Gasteiger partial charge in [0.2, 0.25) is 0 Å². The molecular formula is C28H32O7. The molecule has 1 aliphatic heterocycles. The predicted octanol–water partition coefficient (Wildman–Crippen LogP) is 5.14. The fourth-order valence-corrected chi connectivity index (χ4v) is 3.53. The Kier molecular flexibility index (Phi) is 9.37. The van der Waals surface area contributed by atoms with E-state index in [9.17, 15) is 14.7 Å². The number of ether oxygens (including phenoxy) is 4. The average molecular weight is 481 g/mol. The van der Waals surface area contributed by atoms with Crippen LogP contribution in [0.1, 0.15) is 45.0 Å². The van der Waals surface area contributed by atoms with Gasteiger partial charge in [-0.25, -0.2) is 9.59 Å². The monoisotopic (exact) mass is 480 g/mol. The molecule has 186 valence electrons. The number of rotatable bonds is 10. The molecule has 7 nitrogen and oxygen atoms in total. The molecule has 1 heterocycles. The number of carbonyl (C=O) groups is 2. The van der Waals surface area contributed by atoms with Crippen molar-refractivity contribution in [3.8, 4) is 22.6 Å². The number of unbranched alkanes of at least 4 members (excludes halogenated alkanes) is 1. The Morgan fingerprint density at radius 1 is 1.00 bits per heavy atom. The van der Waals surface area contributed by atoms with Crippen LogP contribution in [0.5, 0.6) is 11.5 Å². The first kappa shape index (κ1) is 26.3. The van der Waals surface area contributed by atoms with E-state index in [1.54, 1.807) is 31.2 Å². The highest BCUT2D eigenvalue weighted by atomic mass is 16.7. The number of hydrogen-bond donors (Lipinski definition) is 1. The number of aliphatic hydroxyl groups is 1. The van der Waals surface area contributed by atoms with Crippen LogP contribution in [0.4, 0.5) is 0 Å². The van der Waals surface area contributed by atoms with Gasteiger partial charge in [-0.2, -0.15) is 0 Å². The summed E-state index contributed by atoms with van der Waals surface area (Å²) in [5.74, 6) is -0.199. The Morgan fingerprint density at radius 2 is 1.66 bits per heavy atom. The molecule has 0 saturated carbocycles. The van der Waals surface area contributed by atoms with Crippen molar-refractivity contribution in [3.63, 3.8) is 0 Å². The van der Waals surface area contributed by atoms with E-state index in [1.165, 1.54) is 0 Å². The van der Waals surface area contributed by atoms with E-state index in [0.717, 1.165) is 30.4 Å². The molecule has 3 rings (SSSR count). The summed E-state index contributed by atoms with van der Waals surface area (Å²) in [7, 11) is 0. The highest BCUT2D eigenvalue weighted by Crippen LogP contribution is 2.36. The number of aliphatic hydroxyl groups excluding tert-OH is 1. The molecule has 2 aromatic rings. The van der Waals surface area contributed by atoms with E-state index in [-0.39, 0.29) is 11.3 Å². The van der Waals surface area contributed by atoms with Crippen molar-refractivity contribution >= 4 is 11.9 Å². The molecule has 2 aromatic carbocycles. The second kappa shape index (κ2) is 12.4. The zero-order chi connectivity index (χ0) is 25.4. The first-order chi connectivity index (χ1) is 16.8. The molecule has 0 spiro atoms. The second-order valence-corrected chi connectivity index (χ2v) is 8.60. The fraction of sp³-hybridized carbons (Fsp3) is 0.357. The quantitative estimate of drug-likeness (QED) is 0.286. The van der Waals surface area contributed by atoms with Crippen LogP contribution in [0.2, 0.25) is 0 Å². The number of esters is 2. The molecule has 0 atom stereocenters. The maximum absolute atomic E-state index is 12.3. The summed E-state index contributed by atoms with van der Waals surface area (Å²) in [6, 6.07) is 12.3. The summed E-state index contributed by atoms with van der Waals surface area (Å²) >= 11 is 0. The molecule has 1 N–H and O–H groups in total. The molecule has 35 heavy (non-hydrogen) atoms. The maximum Gasteiger partial charge on any atom is 0.341 e. The molecule has 7 heteroatoms. The summed E-state index contributed by atoms with van der Waals surface area (Å²) in [6.07, 6.45) is 2.56. The lowest BCUT2D eigenvalue weighted by atomic mass is 10.0. The number of hydrogen-bond acceptors (Lipinski definition) is 7. The molecular weight excluding hydrogens is 448 g/mol. The van der Waals surface area contributed by atoms with Crippen molar-refractivity contribution < 1.29 is 33.6 Å². The minimum atomic E-state index is -0.721. The molecule has 0 radical (unpaired) electrons. The van der Waals surface area contributed by atoms with Crippen molar-refractivity contribution in [2.24, 2.45) is 5.92 Å². The Labute approximate surface area is 206 Å². The highest BCUT2D eigenvalue weighted by molar-refractivity contribution is 5.90. The maximum atomic E-state index is 12.3. The van der Waals surface area contributed by atoms with Crippen LogP contribution < -0.4 is 9.47 Å². The number of carbonyl (C=O) groups excluding carboxylic acids is 2. The molecule has 0 unspecified atom stereocenters. The van der Waals surface area contributed by atoms with Crippen LogP contribution in [0.15, 0.2) is 66.8 Å². The third-order valence-corrected chi connectivity index (χ3v) is 5.63. The summed E-state index contributed by atoms with van der Waals surface area (Å²) in [5, 5.41) is 9.22. The third kappa shape index (κ3) is 7.11. The van der Waals surface area contributed by atoms with Gasteiger partial charge in [0.05, 0.1) is 31.0 Å². The fourth-order valence-electron chi connectivity index (χ4n) is 3.53. The lowest BCUT2D eigenvalue weighted by molar-refractivity contribution is -0.206. The van der Waals surface area contributed by atoms with Crippen LogP contribution in [0.3, 0.4) is 0 Å². The smallest absolute Gasteiger partial charge is 0.341 e. The van der Waals surface area contributed by atoms with E-state index in [1.807, 2.05) is 18.2 Å². The Bertz CT molecular complexity index is 1060. The van der Waals surface area contributed by atoms with E-state index in [0.29, 0.717) is 36.0 Å². The topological polar surface area (TPSA) is 91.3 Å². The van der Waals surface area contributed by atoms with Crippen LogP contribution in [-0.4, -0.2) is 36.9 Å². The Hall–Kier alpha value is -3.26. The largest absolute Gasteiger partial charge is 0.423 e. The van der Waals surface area contributed by atoms with E-state index >= 15 is 0 Å². The van der Waals surface area contributed by atoms with Crippen LogP contribution in [-0.2, 0) is 19.1 Å². The number of benzene rings is 2. The Balaban J connectivity index is 1.85. The van der Waals surface area contributed by atoms with Crippen molar-refractivity contribution in [1.82, 2.24) is 0 Å². The van der Waals surface area contributed by atoms with Gasteiger partial charge < -0.3 is 24.1 Å². The third-order valence-electron chi connectivity index (χ3n) is 5.63. The first-order valence-electron chi connectivity index (χ1n) is 11.7. The summed E-state index contributed by atoms with van der Waals surface area (Å²) < 4.78 is 22.8. The Morgan fingerprint density at radius 3 is 2.26 bits per heavy atom. The molecule has 0 aliphatic carbocycles. The van der Waals surface area contributed by atoms with Gasteiger partial charge in [0.1, 0.15) is 11.5 Å². The minimum absolute atomic E-state index is 0.0509. The van der Waals surface area contributed by atoms with Crippen LogP contribution >= 0.6 is 0 Å². The van der Waals surface area contributed by atoms with Crippen LogP contribution in [0, 0.1) is 5.92 Å². The second-order valence-electron chi connectivity index (χ2n) is 8.60. The van der Waals surface area contributed by atoms with E-state index in [2.05, 4.69) is 20.1 Å². The predicted molar refractivity (Wildman–Crippen MR) is 132 cm³/mol. The summed E-state index contributed by atoms with van der Waals surface area (Å²) in [4.78, 5) is 24.0. The van der Waals surface area contributed by atoms with Gasteiger partial charge >= 0.3 is 11.9 Å². The molecule has 0 amide bonds. The molecule has 1 fully saturated rings. The van der Waals surface area contributed by atoms with Crippen molar-refractivity contribution in [1.29, 1.82) is 0 Å². The zero-order valence-electron chi connectivity index (χ0n) is 20.2. The van der Waals surface area contributed by atoms with Crippen molar-refractivity contribution in [3.05, 3.63) is 72.3 Å². The van der Waals surface area contributed by atoms with Crippen molar-refractivity contribution in [2.45, 2.75) is 39.4 Å². The van der Waals surface area contributed by atoms with E-state index < -0.39 is 24.8 Å². The molecule has 0 bridgehead atoms. The average Bonchev–Trinajstić information content (AvgIpc) is 2.87. The summed E-state index contributed by atoms with van der Waals surface area (Å²) in [5.41, 5.74) is 2.52. The van der Waals surface area contributed by atoms with Gasteiger partial charge in [-0.3, -0.25) is 0 Å². The first-order valence-corrected chi connectivity index (χ1v) is 11.7. The normalized spacial score (nSPS) is 17.5. The molecule has 0 aromatic heterocycles. The van der Waals surface area contributed by atoms with Crippen LogP contribution in [0.25, 0.3) is 11.1 Å². The van der Waals surface area contributed by atoms with Gasteiger partial charge in [0, 0.05) is 11.5 Å². The SMILES string of the molecule is C=C(C)C(=O)Oc1ccc(-c2ccc(OC(=O)C(=C)CO)c(C3OCC(CCCC)CO3)c2)cc1. The van der Waals surface area contributed by atoms with Gasteiger partial charge in [-0.1, -0.05) is 51.1 Å². The lowest BCUT2D eigenvalue weighted by Gasteiger charge is -2.30. The molecule has 1 aliphatic rings. The van der Waals surface area contributed by atoms with Crippen molar-refractivity contribution in [2.75, 3.05) is 19.8 Å². The summed E-state index contributed by atoms with van der Waals surface area (Å²) in [6.45, 7) is 11.4. The minimum Gasteiger partial charge on any atom is -0.423 e. The standard InChI is InChI=1S/C28H32O7/c1-5-6-7-20-16-32-28(33-17-20)24-14-22(10-13-25(24)35-27(31)19(4)15-29)21-8-11-23(12-9-21)34-26(30)18(2)3/h8-14,20,28-29H,2,4-7,15-17H2,1,3H3. The molecule has 1 saturated heterocycles. The highest BCUT2D eigenvalue weighted by Gasteiger charge is 2.27. The van der Waals surface area contributed by atoms with E-state index in [4.69, 9.17) is 18.9 Å². The zero-order valence-corrected chi connectivity index (χ0v) is 20.2. The van der Waals surface area contributed by atoms with Gasteiger partial charge in [-0.05, 0) is 48.7 Å². The van der Waals surface area contributed by atoms with Gasteiger partial charge in [0.15, 0.2) is 6.29 Å². The van der Waals surface area contributed by atoms with Gasteiger partial charge in [-0.15, -0.1) is 0 Å². The van der Waals surface area contributed by atoms with Gasteiger partial charge in [0.25, 0.3) is 0 Å². The lowest BCUT2D eigenvalue weighted by Crippen LogP contribution is -2.27.